The van der Waals surface area contributed by atoms with Gasteiger partial charge in [0.2, 0.25) is 5.91 Å². The van der Waals surface area contributed by atoms with Crippen LogP contribution in [-0.4, -0.2) is 32.3 Å². The molecule has 0 unspecified atom stereocenters. The molecule has 4 rings (SSSR count). The SMILES string of the molecule is Cn1c(SCC(=O)Nc2ccc(C(=O)O)cc2)nc2sc3c(c2c1=O)CCCC3. The van der Waals surface area contributed by atoms with Crippen LogP contribution in [0.5, 0.6) is 0 Å². The van der Waals surface area contributed by atoms with Gasteiger partial charge in [-0.1, -0.05) is 11.8 Å². The summed E-state index contributed by atoms with van der Waals surface area (Å²) >= 11 is 2.80. The summed E-state index contributed by atoms with van der Waals surface area (Å²) < 4.78 is 1.52. The van der Waals surface area contributed by atoms with Crippen LogP contribution in [0, 0.1) is 0 Å². The first-order valence-corrected chi connectivity index (χ1v) is 11.0. The molecule has 0 atom stereocenters. The molecule has 7 nitrogen and oxygen atoms in total. The Morgan fingerprint density at radius 1 is 1.24 bits per heavy atom. The van der Waals surface area contributed by atoms with E-state index in [4.69, 9.17) is 5.11 Å². The second-order valence-corrected chi connectivity index (χ2v) is 8.90. The molecule has 0 saturated carbocycles. The van der Waals surface area contributed by atoms with Gasteiger partial charge in [-0.3, -0.25) is 14.2 Å². The second-order valence-electron chi connectivity index (χ2n) is 6.87. The van der Waals surface area contributed by atoms with Crippen LogP contribution in [0.4, 0.5) is 5.69 Å². The maximum absolute atomic E-state index is 12.9. The molecule has 150 valence electrons. The Morgan fingerprint density at radius 3 is 2.69 bits per heavy atom. The Bertz CT molecular complexity index is 1170. The molecule has 2 heterocycles. The number of carbonyl (C=O) groups is 2. The van der Waals surface area contributed by atoms with Crippen molar-refractivity contribution in [3.8, 4) is 0 Å². The quantitative estimate of drug-likeness (QED) is 0.477. The lowest BCUT2D eigenvalue weighted by molar-refractivity contribution is -0.113. The lowest BCUT2D eigenvalue weighted by Gasteiger charge is -2.11. The van der Waals surface area contributed by atoms with Gasteiger partial charge in [-0.05, 0) is 55.5 Å². The predicted molar refractivity (Wildman–Crippen MR) is 114 cm³/mol. The third kappa shape index (κ3) is 3.92. The molecule has 9 heteroatoms. The van der Waals surface area contributed by atoms with Gasteiger partial charge < -0.3 is 10.4 Å². The molecule has 3 aromatic rings. The highest BCUT2D eigenvalue weighted by Crippen LogP contribution is 2.34. The summed E-state index contributed by atoms with van der Waals surface area (Å²) in [4.78, 5) is 42.7. The second kappa shape index (κ2) is 8.00. The van der Waals surface area contributed by atoms with Crippen LogP contribution in [0.1, 0.15) is 33.6 Å². The van der Waals surface area contributed by atoms with E-state index in [9.17, 15) is 14.4 Å². The summed E-state index contributed by atoms with van der Waals surface area (Å²) in [5.41, 5.74) is 1.78. The van der Waals surface area contributed by atoms with Crippen LogP contribution in [0.25, 0.3) is 10.2 Å². The number of aryl methyl sites for hydroxylation is 2. The summed E-state index contributed by atoms with van der Waals surface area (Å²) in [7, 11) is 1.69. The minimum Gasteiger partial charge on any atom is -0.478 e. The Balaban J connectivity index is 1.49. The summed E-state index contributed by atoms with van der Waals surface area (Å²) in [6, 6.07) is 5.95. The van der Waals surface area contributed by atoms with Gasteiger partial charge >= 0.3 is 5.97 Å². The zero-order chi connectivity index (χ0) is 20.5. The zero-order valence-corrected chi connectivity index (χ0v) is 17.4. The number of nitrogens with one attached hydrogen (secondary N) is 1. The molecule has 29 heavy (non-hydrogen) atoms. The van der Waals surface area contributed by atoms with E-state index in [1.165, 1.54) is 33.3 Å². The number of fused-ring (bicyclic) bond motifs is 3. The van der Waals surface area contributed by atoms with E-state index < -0.39 is 5.97 Å². The van der Waals surface area contributed by atoms with E-state index in [0.717, 1.165) is 41.5 Å². The first-order valence-electron chi connectivity index (χ1n) is 9.21. The molecule has 0 bridgehead atoms. The van der Waals surface area contributed by atoms with Gasteiger partial charge in [0.15, 0.2) is 5.16 Å². The summed E-state index contributed by atoms with van der Waals surface area (Å²) in [5.74, 6) is -1.17. The van der Waals surface area contributed by atoms with Gasteiger partial charge in [-0.15, -0.1) is 11.3 Å². The largest absolute Gasteiger partial charge is 0.478 e. The topological polar surface area (TPSA) is 101 Å². The number of aromatic carboxylic acids is 1. The number of thioether (sulfide) groups is 1. The number of hydrogen-bond donors (Lipinski definition) is 2. The highest BCUT2D eigenvalue weighted by molar-refractivity contribution is 7.99. The number of nitrogens with zero attached hydrogens (tertiary/aromatic N) is 2. The van der Waals surface area contributed by atoms with Crippen LogP contribution in [0.15, 0.2) is 34.2 Å². The molecule has 0 saturated heterocycles. The van der Waals surface area contributed by atoms with Gasteiger partial charge in [0, 0.05) is 17.6 Å². The average Bonchev–Trinajstić information content (AvgIpc) is 3.08. The molecular weight excluding hydrogens is 410 g/mol. The first kappa shape index (κ1) is 19.7. The lowest BCUT2D eigenvalue weighted by atomic mass is 9.97. The molecule has 0 radical (unpaired) electrons. The van der Waals surface area contributed by atoms with Crippen molar-refractivity contribution in [1.29, 1.82) is 0 Å². The number of hydrogen-bond acceptors (Lipinski definition) is 6. The number of amides is 1. The fourth-order valence-electron chi connectivity index (χ4n) is 3.42. The smallest absolute Gasteiger partial charge is 0.335 e. The van der Waals surface area contributed by atoms with Crippen molar-refractivity contribution in [2.45, 2.75) is 30.8 Å². The maximum Gasteiger partial charge on any atom is 0.335 e. The lowest BCUT2D eigenvalue weighted by Crippen LogP contribution is -2.22. The molecule has 0 aliphatic heterocycles. The van der Waals surface area contributed by atoms with Gasteiger partial charge in [0.05, 0.1) is 16.7 Å². The van der Waals surface area contributed by atoms with Crippen molar-refractivity contribution in [2.24, 2.45) is 7.05 Å². The molecule has 1 aliphatic carbocycles. The fourth-order valence-corrected chi connectivity index (χ4v) is 5.49. The minimum atomic E-state index is -1.02. The van der Waals surface area contributed by atoms with Gasteiger partial charge in [0.1, 0.15) is 4.83 Å². The maximum atomic E-state index is 12.9. The predicted octanol–water partition coefficient (Wildman–Crippen LogP) is 3.30. The first-order chi connectivity index (χ1) is 13.9. The Morgan fingerprint density at radius 2 is 1.97 bits per heavy atom. The number of thiophene rings is 1. The number of benzene rings is 1. The van der Waals surface area contributed by atoms with E-state index >= 15 is 0 Å². The van der Waals surface area contributed by atoms with Crippen LogP contribution < -0.4 is 10.9 Å². The van der Waals surface area contributed by atoms with E-state index in [2.05, 4.69) is 10.3 Å². The third-order valence-corrected chi connectivity index (χ3v) is 7.12. The monoisotopic (exact) mass is 429 g/mol. The number of carbonyl (C=O) groups excluding carboxylic acids is 1. The molecule has 2 aromatic heterocycles. The van der Waals surface area contributed by atoms with Gasteiger partial charge in [-0.25, -0.2) is 9.78 Å². The van der Waals surface area contributed by atoms with Crippen LogP contribution >= 0.6 is 23.1 Å². The van der Waals surface area contributed by atoms with Crippen LogP contribution in [-0.2, 0) is 24.7 Å². The molecule has 2 N–H and O–H groups in total. The minimum absolute atomic E-state index is 0.0541. The number of carboxylic acid groups (broad SMARTS) is 1. The molecule has 0 fully saturated rings. The third-order valence-electron chi connectivity index (χ3n) is 4.90. The molecular formula is C20H19N3O4S2. The summed E-state index contributed by atoms with van der Waals surface area (Å²) in [6.45, 7) is 0. The van der Waals surface area contributed by atoms with Crippen molar-refractivity contribution in [3.05, 3.63) is 50.6 Å². The Hall–Kier alpha value is -2.65. The normalized spacial score (nSPS) is 13.3. The highest BCUT2D eigenvalue weighted by Gasteiger charge is 2.21. The van der Waals surface area contributed by atoms with E-state index in [0.29, 0.717) is 10.8 Å². The summed E-state index contributed by atoms with van der Waals surface area (Å²) in [6.07, 6.45) is 4.19. The van der Waals surface area contributed by atoms with Crippen LogP contribution in [0.3, 0.4) is 0 Å². The molecule has 1 aromatic carbocycles. The van der Waals surface area contributed by atoms with Crippen molar-refractivity contribution in [2.75, 3.05) is 11.1 Å². The number of carboxylic acids is 1. The number of aromatic nitrogens is 2. The Labute approximate surface area is 174 Å². The van der Waals surface area contributed by atoms with Gasteiger partial charge in [-0.2, -0.15) is 0 Å². The number of rotatable bonds is 5. The molecule has 1 aliphatic rings. The number of anilines is 1. The van der Waals surface area contributed by atoms with Crippen molar-refractivity contribution in [1.82, 2.24) is 9.55 Å². The highest BCUT2D eigenvalue weighted by atomic mass is 32.2. The van der Waals surface area contributed by atoms with E-state index in [-0.39, 0.29) is 22.8 Å². The zero-order valence-electron chi connectivity index (χ0n) is 15.7. The fraction of sp³-hybridized carbons (Fsp3) is 0.300. The average molecular weight is 430 g/mol. The van der Waals surface area contributed by atoms with E-state index in [1.807, 2.05) is 0 Å². The van der Waals surface area contributed by atoms with Gasteiger partial charge in [0.25, 0.3) is 5.56 Å². The van der Waals surface area contributed by atoms with Crippen molar-refractivity contribution < 1.29 is 14.7 Å². The van der Waals surface area contributed by atoms with Crippen LogP contribution in [0.2, 0.25) is 0 Å². The van der Waals surface area contributed by atoms with Crippen molar-refractivity contribution in [3.63, 3.8) is 0 Å². The molecule has 1 amide bonds. The standard InChI is InChI=1S/C20H19N3O4S2/c1-23-18(25)16-13-4-2-3-5-14(13)29-17(16)22-20(23)28-10-15(24)21-12-8-6-11(7-9-12)19(26)27/h6-9H,2-5,10H2,1H3,(H,21,24)(H,26,27). The van der Waals surface area contributed by atoms with Crippen molar-refractivity contribution >= 4 is 50.9 Å². The molecule has 0 spiro atoms. The summed E-state index contributed by atoms with van der Waals surface area (Å²) in [5, 5.41) is 12.9. The Kier molecular flexibility index (Phi) is 5.42. The van der Waals surface area contributed by atoms with E-state index in [1.54, 1.807) is 30.5 Å².